The first-order chi connectivity index (χ1) is 14.2. The summed E-state index contributed by atoms with van der Waals surface area (Å²) in [6, 6.07) is 18.0. The SMILES string of the molecule is O=C(NC12CC3CC(CC(C3)C1)C2)c1ccc(OCCSc2ccccc2)cc1. The number of rotatable bonds is 7. The second-order valence-electron chi connectivity index (χ2n) is 9.19. The number of benzene rings is 2. The molecular weight excluding hydrogens is 378 g/mol. The van der Waals surface area contributed by atoms with Crippen molar-refractivity contribution < 1.29 is 9.53 Å². The predicted molar refractivity (Wildman–Crippen MR) is 117 cm³/mol. The Hall–Kier alpha value is -1.94. The van der Waals surface area contributed by atoms with Crippen molar-refractivity contribution in [3.63, 3.8) is 0 Å². The second kappa shape index (κ2) is 8.06. The molecule has 1 N–H and O–H groups in total. The molecule has 0 radical (unpaired) electrons. The Labute approximate surface area is 177 Å². The maximum Gasteiger partial charge on any atom is 0.251 e. The maximum atomic E-state index is 12.9. The van der Waals surface area contributed by atoms with Gasteiger partial charge in [-0.3, -0.25) is 4.79 Å². The van der Waals surface area contributed by atoms with E-state index in [9.17, 15) is 4.79 Å². The number of ether oxygens (including phenoxy) is 1. The molecule has 2 aromatic carbocycles. The van der Waals surface area contributed by atoms with E-state index < -0.39 is 0 Å². The molecule has 4 saturated carbocycles. The zero-order valence-electron chi connectivity index (χ0n) is 16.8. The lowest BCUT2D eigenvalue weighted by molar-refractivity contribution is -0.0167. The van der Waals surface area contributed by atoms with E-state index in [1.165, 1.54) is 43.4 Å². The lowest BCUT2D eigenvalue weighted by Gasteiger charge is -2.56. The Bertz CT molecular complexity index is 814. The molecule has 3 nitrogen and oxygen atoms in total. The van der Waals surface area contributed by atoms with Crippen LogP contribution in [0.2, 0.25) is 0 Å². The summed E-state index contributed by atoms with van der Waals surface area (Å²) in [7, 11) is 0. The van der Waals surface area contributed by atoms with Gasteiger partial charge in [-0.1, -0.05) is 18.2 Å². The van der Waals surface area contributed by atoms with Crippen LogP contribution in [0.3, 0.4) is 0 Å². The van der Waals surface area contributed by atoms with Crippen molar-refractivity contribution in [2.75, 3.05) is 12.4 Å². The standard InChI is InChI=1S/C25H29NO2S/c27-24(26-25-15-18-12-19(16-25)14-20(13-18)17-25)21-6-8-22(9-7-21)28-10-11-29-23-4-2-1-3-5-23/h1-9,18-20H,10-17H2,(H,26,27). The average Bonchev–Trinajstić information content (AvgIpc) is 2.71. The van der Waals surface area contributed by atoms with Crippen molar-refractivity contribution in [2.45, 2.75) is 49.0 Å². The van der Waals surface area contributed by atoms with Gasteiger partial charge in [0.25, 0.3) is 5.91 Å². The largest absolute Gasteiger partial charge is 0.493 e. The molecule has 0 unspecified atom stereocenters. The Kier molecular flexibility index (Phi) is 5.29. The van der Waals surface area contributed by atoms with E-state index in [4.69, 9.17) is 4.74 Å². The van der Waals surface area contributed by atoms with Gasteiger partial charge < -0.3 is 10.1 Å². The molecule has 0 aromatic heterocycles. The van der Waals surface area contributed by atoms with Gasteiger partial charge in [-0.25, -0.2) is 0 Å². The van der Waals surface area contributed by atoms with E-state index in [0.717, 1.165) is 34.8 Å². The fraction of sp³-hybridized carbons (Fsp3) is 0.480. The van der Waals surface area contributed by atoms with Gasteiger partial charge in [0, 0.05) is 21.8 Å². The number of amides is 1. The number of hydrogen-bond donors (Lipinski definition) is 1. The molecule has 1 amide bonds. The van der Waals surface area contributed by atoms with Crippen molar-refractivity contribution in [3.8, 4) is 5.75 Å². The van der Waals surface area contributed by atoms with Gasteiger partial charge in [-0.15, -0.1) is 11.8 Å². The monoisotopic (exact) mass is 407 g/mol. The Morgan fingerprint density at radius 3 is 2.17 bits per heavy atom. The third-order valence-corrected chi connectivity index (χ3v) is 7.87. The smallest absolute Gasteiger partial charge is 0.251 e. The topological polar surface area (TPSA) is 38.3 Å². The van der Waals surface area contributed by atoms with E-state index in [1.54, 1.807) is 11.8 Å². The molecule has 6 rings (SSSR count). The van der Waals surface area contributed by atoms with E-state index in [2.05, 4.69) is 29.6 Å². The summed E-state index contributed by atoms with van der Waals surface area (Å²) < 4.78 is 5.84. The fourth-order valence-electron chi connectivity index (χ4n) is 6.12. The highest BCUT2D eigenvalue weighted by molar-refractivity contribution is 7.99. The summed E-state index contributed by atoms with van der Waals surface area (Å²) in [5, 5.41) is 3.45. The molecule has 152 valence electrons. The molecule has 4 aliphatic carbocycles. The summed E-state index contributed by atoms with van der Waals surface area (Å²) in [5.74, 6) is 4.32. The van der Waals surface area contributed by atoms with E-state index in [0.29, 0.717) is 6.61 Å². The van der Waals surface area contributed by atoms with E-state index in [-0.39, 0.29) is 11.4 Å². The zero-order chi connectivity index (χ0) is 19.7. The summed E-state index contributed by atoms with van der Waals surface area (Å²) in [6.45, 7) is 0.651. The first kappa shape index (κ1) is 19.0. The molecule has 0 spiro atoms. The highest BCUT2D eigenvalue weighted by atomic mass is 32.2. The molecule has 4 bridgehead atoms. The van der Waals surface area contributed by atoms with Crippen LogP contribution in [-0.4, -0.2) is 23.8 Å². The van der Waals surface area contributed by atoms with Crippen molar-refractivity contribution in [1.29, 1.82) is 0 Å². The fourth-order valence-corrected chi connectivity index (χ4v) is 6.87. The Balaban J connectivity index is 1.13. The number of nitrogens with one attached hydrogen (secondary N) is 1. The predicted octanol–water partition coefficient (Wildman–Crippen LogP) is 5.56. The first-order valence-electron chi connectivity index (χ1n) is 10.9. The molecule has 4 aliphatic rings. The minimum Gasteiger partial charge on any atom is -0.493 e. The van der Waals surface area contributed by atoms with Crippen molar-refractivity contribution in [1.82, 2.24) is 5.32 Å². The highest BCUT2D eigenvalue weighted by Crippen LogP contribution is 2.55. The van der Waals surface area contributed by atoms with Crippen LogP contribution in [0, 0.1) is 17.8 Å². The molecular formula is C25H29NO2S. The minimum atomic E-state index is 0.0651. The van der Waals surface area contributed by atoms with Crippen LogP contribution >= 0.6 is 11.8 Å². The number of carbonyl (C=O) groups is 1. The Morgan fingerprint density at radius 1 is 0.931 bits per heavy atom. The maximum absolute atomic E-state index is 12.9. The van der Waals surface area contributed by atoms with Gasteiger partial charge in [0.2, 0.25) is 0 Å². The van der Waals surface area contributed by atoms with Crippen molar-refractivity contribution in [2.24, 2.45) is 17.8 Å². The van der Waals surface area contributed by atoms with Crippen LogP contribution in [0.25, 0.3) is 0 Å². The van der Waals surface area contributed by atoms with Crippen molar-refractivity contribution >= 4 is 17.7 Å². The van der Waals surface area contributed by atoms with Gasteiger partial charge in [-0.2, -0.15) is 0 Å². The molecule has 0 heterocycles. The summed E-state index contributed by atoms with van der Waals surface area (Å²) in [5.41, 5.74) is 0.808. The lowest BCUT2D eigenvalue weighted by Crippen LogP contribution is -2.59. The average molecular weight is 408 g/mol. The van der Waals surface area contributed by atoms with Gasteiger partial charge >= 0.3 is 0 Å². The molecule has 4 heteroatoms. The van der Waals surface area contributed by atoms with Gasteiger partial charge in [-0.05, 0) is 92.7 Å². The molecule has 4 fully saturated rings. The first-order valence-corrected chi connectivity index (χ1v) is 11.9. The van der Waals surface area contributed by atoms with Gasteiger partial charge in [0.1, 0.15) is 5.75 Å². The van der Waals surface area contributed by atoms with Gasteiger partial charge in [0.15, 0.2) is 0 Å². The van der Waals surface area contributed by atoms with Crippen LogP contribution < -0.4 is 10.1 Å². The van der Waals surface area contributed by atoms with Crippen molar-refractivity contribution in [3.05, 3.63) is 60.2 Å². The number of carbonyl (C=O) groups excluding carboxylic acids is 1. The number of hydrogen-bond acceptors (Lipinski definition) is 3. The normalized spacial score (nSPS) is 29.6. The molecule has 0 atom stereocenters. The molecule has 29 heavy (non-hydrogen) atoms. The third-order valence-electron chi connectivity index (χ3n) is 6.90. The van der Waals surface area contributed by atoms with Crippen LogP contribution in [0.4, 0.5) is 0 Å². The molecule has 2 aromatic rings. The number of thioether (sulfide) groups is 1. The van der Waals surface area contributed by atoms with Crippen LogP contribution in [0.5, 0.6) is 5.75 Å². The summed E-state index contributed by atoms with van der Waals surface area (Å²) in [4.78, 5) is 14.2. The van der Waals surface area contributed by atoms with E-state index in [1.807, 2.05) is 30.3 Å². The zero-order valence-corrected chi connectivity index (χ0v) is 17.6. The summed E-state index contributed by atoms with van der Waals surface area (Å²) in [6.07, 6.45) is 7.73. The van der Waals surface area contributed by atoms with Crippen LogP contribution in [0.1, 0.15) is 48.9 Å². The van der Waals surface area contributed by atoms with E-state index >= 15 is 0 Å². The summed E-state index contributed by atoms with van der Waals surface area (Å²) >= 11 is 1.79. The van der Waals surface area contributed by atoms with Crippen LogP contribution in [0.15, 0.2) is 59.5 Å². The lowest BCUT2D eigenvalue weighted by atomic mass is 9.53. The molecule has 0 saturated heterocycles. The minimum absolute atomic E-state index is 0.0651. The van der Waals surface area contributed by atoms with Gasteiger partial charge in [0.05, 0.1) is 6.61 Å². The third kappa shape index (κ3) is 4.32. The highest BCUT2D eigenvalue weighted by Gasteiger charge is 2.51. The molecule has 0 aliphatic heterocycles. The quantitative estimate of drug-likeness (QED) is 0.483. The second-order valence-corrected chi connectivity index (χ2v) is 10.4. The Morgan fingerprint density at radius 2 is 1.55 bits per heavy atom. The van der Waals surface area contributed by atoms with Crippen LogP contribution in [-0.2, 0) is 0 Å².